The predicted molar refractivity (Wildman–Crippen MR) is 103 cm³/mol. The lowest BCUT2D eigenvalue weighted by Gasteiger charge is -2.14. The number of benzene rings is 2. The fourth-order valence-electron chi connectivity index (χ4n) is 2.52. The smallest absolute Gasteiger partial charge is 0.351 e. The van der Waals surface area contributed by atoms with Crippen molar-refractivity contribution in [1.82, 2.24) is 15.3 Å². The number of amides is 1. The molecule has 2 aromatic carbocycles. The van der Waals surface area contributed by atoms with E-state index in [0.717, 1.165) is 22.9 Å². The van der Waals surface area contributed by atoms with Crippen LogP contribution in [-0.4, -0.2) is 21.1 Å². The van der Waals surface area contributed by atoms with Crippen LogP contribution in [0.3, 0.4) is 0 Å². The summed E-state index contributed by atoms with van der Waals surface area (Å²) in [5, 5.41) is 2.81. The van der Waals surface area contributed by atoms with E-state index < -0.39 is 17.3 Å². The van der Waals surface area contributed by atoms with Crippen LogP contribution in [0.1, 0.15) is 23.9 Å². The number of rotatable bonds is 5. The van der Waals surface area contributed by atoms with Gasteiger partial charge in [-0.25, -0.2) is 9.97 Å². The Morgan fingerprint density at radius 2 is 1.79 bits per heavy atom. The van der Waals surface area contributed by atoms with E-state index in [1.54, 1.807) is 25.1 Å². The molecule has 1 heterocycles. The van der Waals surface area contributed by atoms with Crippen molar-refractivity contribution < 1.29 is 18.0 Å². The molecule has 0 spiro atoms. The Kier molecular flexibility index (Phi) is 5.88. The lowest BCUT2D eigenvalue weighted by molar-refractivity contribution is -0.145. The summed E-state index contributed by atoms with van der Waals surface area (Å²) in [5.41, 5.74) is 2.26. The number of thioether (sulfide) groups is 1. The Morgan fingerprint density at radius 1 is 1.11 bits per heavy atom. The third-order valence-corrected chi connectivity index (χ3v) is 5.17. The second kappa shape index (κ2) is 8.18. The third kappa shape index (κ3) is 4.81. The fraction of sp³-hybridized carbons (Fsp3) is 0.250. The monoisotopic (exact) mass is 405 g/mol. The van der Waals surface area contributed by atoms with Crippen LogP contribution < -0.4 is 5.32 Å². The second-order valence-electron chi connectivity index (χ2n) is 6.33. The van der Waals surface area contributed by atoms with Crippen molar-refractivity contribution in [2.24, 2.45) is 0 Å². The maximum atomic E-state index is 13.1. The summed E-state index contributed by atoms with van der Waals surface area (Å²) in [6, 6.07) is 14.2. The average molecular weight is 405 g/mol. The predicted octanol–water partition coefficient (Wildman–Crippen LogP) is 4.75. The number of alkyl halides is 3. The number of carbonyl (C=O) groups is 1. The summed E-state index contributed by atoms with van der Waals surface area (Å²) >= 11 is 0.986. The van der Waals surface area contributed by atoms with E-state index in [2.05, 4.69) is 15.3 Å². The molecular formula is C20H18F3N3OS. The molecule has 0 aliphatic heterocycles. The highest BCUT2D eigenvalue weighted by molar-refractivity contribution is 8.00. The van der Waals surface area contributed by atoms with Crippen molar-refractivity contribution in [2.45, 2.75) is 36.8 Å². The van der Waals surface area contributed by atoms with E-state index in [1.807, 2.05) is 31.2 Å². The largest absolute Gasteiger partial charge is 0.451 e. The molecule has 1 amide bonds. The molecule has 0 saturated carbocycles. The van der Waals surface area contributed by atoms with Crippen molar-refractivity contribution in [1.29, 1.82) is 0 Å². The van der Waals surface area contributed by atoms with Gasteiger partial charge in [-0.05, 0) is 25.5 Å². The quantitative estimate of drug-likeness (QED) is 0.492. The number of carbonyl (C=O) groups excluding carboxylic acids is 1. The summed E-state index contributed by atoms with van der Waals surface area (Å²) < 4.78 is 39.3. The van der Waals surface area contributed by atoms with Crippen molar-refractivity contribution in [3.05, 3.63) is 65.5 Å². The Hall–Kier alpha value is -2.61. The van der Waals surface area contributed by atoms with E-state index >= 15 is 0 Å². The molecule has 0 saturated heterocycles. The third-order valence-electron chi connectivity index (χ3n) is 4.07. The highest BCUT2D eigenvalue weighted by Gasteiger charge is 2.35. The van der Waals surface area contributed by atoms with Gasteiger partial charge < -0.3 is 5.32 Å². The fourth-order valence-corrected chi connectivity index (χ4v) is 3.49. The van der Waals surface area contributed by atoms with E-state index in [0.29, 0.717) is 11.9 Å². The summed E-state index contributed by atoms with van der Waals surface area (Å²) in [4.78, 5) is 19.7. The van der Waals surface area contributed by atoms with Gasteiger partial charge in [0, 0.05) is 11.9 Å². The molecular weight excluding hydrogens is 387 g/mol. The molecule has 1 aromatic heterocycles. The van der Waals surface area contributed by atoms with Gasteiger partial charge in [0.15, 0.2) is 0 Å². The highest BCUT2D eigenvalue weighted by Crippen LogP contribution is 2.33. The minimum atomic E-state index is -4.66. The van der Waals surface area contributed by atoms with Crippen LogP contribution in [0.4, 0.5) is 13.2 Å². The zero-order valence-electron chi connectivity index (χ0n) is 15.2. The summed E-state index contributed by atoms with van der Waals surface area (Å²) in [6.45, 7) is 3.96. The Bertz CT molecular complexity index is 990. The van der Waals surface area contributed by atoms with Crippen molar-refractivity contribution >= 4 is 28.6 Å². The van der Waals surface area contributed by atoms with Gasteiger partial charge in [0.2, 0.25) is 11.7 Å². The van der Waals surface area contributed by atoms with Crippen molar-refractivity contribution in [2.75, 3.05) is 0 Å². The first kappa shape index (κ1) is 20.1. The SMILES string of the molecule is Cc1ccc(CNC(=O)[C@H](C)Sc2nc(C(F)(F)F)nc3ccccc23)cc1. The van der Waals surface area contributed by atoms with Gasteiger partial charge in [-0.1, -0.05) is 59.8 Å². The minimum Gasteiger partial charge on any atom is -0.351 e. The topological polar surface area (TPSA) is 54.9 Å². The number of aromatic nitrogens is 2. The van der Waals surface area contributed by atoms with Gasteiger partial charge in [-0.15, -0.1) is 0 Å². The van der Waals surface area contributed by atoms with Crippen LogP contribution >= 0.6 is 11.8 Å². The van der Waals surface area contributed by atoms with Gasteiger partial charge in [-0.2, -0.15) is 13.2 Å². The van der Waals surface area contributed by atoms with Crippen LogP contribution in [0.25, 0.3) is 10.9 Å². The Morgan fingerprint density at radius 3 is 2.46 bits per heavy atom. The van der Waals surface area contributed by atoms with Crippen molar-refractivity contribution in [3.8, 4) is 0 Å². The molecule has 0 radical (unpaired) electrons. The molecule has 1 atom stereocenters. The molecule has 28 heavy (non-hydrogen) atoms. The Balaban J connectivity index is 1.77. The zero-order chi connectivity index (χ0) is 20.3. The standard InChI is InChI=1S/C20H18F3N3OS/c1-12-7-9-14(10-8-12)11-24-17(27)13(2)28-18-15-5-3-4-6-16(15)25-19(26-18)20(21,22)23/h3-10,13H,11H2,1-2H3,(H,24,27)/t13-/m0/s1. The van der Waals surface area contributed by atoms with Gasteiger partial charge in [0.25, 0.3) is 0 Å². The molecule has 0 bridgehead atoms. The van der Waals surface area contributed by atoms with Gasteiger partial charge in [-0.3, -0.25) is 4.79 Å². The number of hydrogen-bond acceptors (Lipinski definition) is 4. The molecule has 4 nitrogen and oxygen atoms in total. The second-order valence-corrected chi connectivity index (χ2v) is 7.66. The maximum Gasteiger partial charge on any atom is 0.451 e. The summed E-state index contributed by atoms with van der Waals surface area (Å²) in [6.07, 6.45) is -4.66. The first-order valence-electron chi connectivity index (χ1n) is 8.58. The van der Waals surface area contributed by atoms with Crippen LogP contribution in [0.2, 0.25) is 0 Å². The molecule has 146 valence electrons. The van der Waals surface area contributed by atoms with Gasteiger partial charge >= 0.3 is 6.18 Å². The lowest BCUT2D eigenvalue weighted by atomic mass is 10.1. The van der Waals surface area contributed by atoms with E-state index in [4.69, 9.17) is 0 Å². The minimum absolute atomic E-state index is 0.135. The number of para-hydroxylation sites is 1. The van der Waals surface area contributed by atoms with E-state index in [1.165, 1.54) is 6.07 Å². The first-order valence-corrected chi connectivity index (χ1v) is 9.46. The highest BCUT2D eigenvalue weighted by atomic mass is 32.2. The van der Waals surface area contributed by atoms with E-state index in [-0.39, 0.29) is 16.4 Å². The van der Waals surface area contributed by atoms with E-state index in [9.17, 15) is 18.0 Å². The van der Waals surface area contributed by atoms with Gasteiger partial charge in [0.05, 0.1) is 10.8 Å². The first-order chi connectivity index (χ1) is 13.2. The molecule has 0 unspecified atom stereocenters. The molecule has 0 fully saturated rings. The number of aryl methyl sites for hydroxylation is 1. The van der Waals surface area contributed by atoms with Gasteiger partial charge in [0.1, 0.15) is 5.03 Å². The van der Waals surface area contributed by atoms with Crippen molar-refractivity contribution in [3.63, 3.8) is 0 Å². The number of nitrogens with zero attached hydrogens (tertiary/aromatic N) is 2. The number of fused-ring (bicyclic) bond motifs is 1. The zero-order valence-corrected chi connectivity index (χ0v) is 16.1. The molecule has 1 N–H and O–H groups in total. The summed E-state index contributed by atoms with van der Waals surface area (Å²) in [7, 11) is 0. The normalized spacial score (nSPS) is 12.8. The lowest BCUT2D eigenvalue weighted by Crippen LogP contribution is -2.30. The molecule has 3 aromatic rings. The number of halogens is 3. The summed E-state index contributed by atoms with van der Waals surface area (Å²) in [5.74, 6) is -1.48. The molecule has 0 aliphatic carbocycles. The van der Waals surface area contributed by atoms with Crippen LogP contribution in [0, 0.1) is 6.92 Å². The number of nitrogens with one attached hydrogen (secondary N) is 1. The maximum absolute atomic E-state index is 13.1. The number of hydrogen-bond donors (Lipinski definition) is 1. The molecule has 3 rings (SSSR count). The molecule has 0 aliphatic rings. The van der Waals surface area contributed by atoms with Crippen LogP contribution in [0.15, 0.2) is 53.6 Å². The van der Waals surface area contributed by atoms with Crippen LogP contribution in [0.5, 0.6) is 0 Å². The van der Waals surface area contributed by atoms with Crippen LogP contribution in [-0.2, 0) is 17.5 Å². The Labute approximate surface area is 164 Å². The average Bonchev–Trinajstić information content (AvgIpc) is 2.66. The molecule has 8 heteroatoms.